The second-order valence-corrected chi connectivity index (χ2v) is 5.97. The molecule has 7 nitrogen and oxygen atoms in total. The third-order valence-corrected chi connectivity index (χ3v) is 4.37. The second-order valence-electron chi connectivity index (χ2n) is 5.97. The minimum atomic E-state index is -0.256. The summed E-state index contributed by atoms with van der Waals surface area (Å²) >= 11 is 0. The van der Waals surface area contributed by atoms with E-state index in [1.54, 1.807) is 23.0 Å². The number of para-hydroxylation sites is 1. The molecule has 0 radical (unpaired) electrons. The maximum atomic E-state index is 12.9. The summed E-state index contributed by atoms with van der Waals surface area (Å²) < 4.78 is 17.8. The average Bonchev–Trinajstić information content (AvgIpc) is 3.17. The van der Waals surface area contributed by atoms with Crippen molar-refractivity contribution >= 4 is 11.6 Å². The molecule has 0 aliphatic rings. The van der Waals surface area contributed by atoms with Crippen molar-refractivity contribution in [3.8, 4) is 22.9 Å². The third kappa shape index (κ3) is 3.64. The fourth-order valence-electron chi connectivity index (χ4n) is 3.05. The van der Waals surface area contributed by atoms with Crippen LogP contribution in [0.3, 0.4) is 0 Å². The van der Waals surface area contributed by atoms with Crippen molar-refractivity contribution in [1.82, 2.24) is 9.78 Å². The Hall–Kier alpha value is -3.48. The van der Waals surface area contributed by atoms with E-state index in [-0.39, 0.29) is 5.91 Å². The first-order valence-electron chi connectivity index (χ1n) is 8.86. The van der Waals surface area contributed by atoms with Crippen LogP contribution in [0.1, 0.15) is 23.0 Å². The molecular weight excluding hydrogens is 358 g/mol. The molecule has 0 saturated heterocycles. The molecule has 0 unspecified atom stereocenters. The number of carbonyl (C=O) groups is 1. The molecule has 0 spiro atoms. The molecule has 1 amide bonds. The number of nitrogens with zero attached hydrogens (tertiary/aromatic N) is 2. The maximum absolute atomic E-state index is 12.9. The van der Waals surface area contributed by atoms with Crippen LogP contribution in [0.25, 0.3) is 5.69 Å². The quantitative estimate of drug-likeness (QED) is 0.675. The highest BCUT2D eigenvalue weighted by atomic mass is 16.5. The van der Waals surface area contributed by atoms with E-state index in [1.165, 1.54) is 21.3 Å². The number of anilines is 1. The van der Waals surface area contributed by atoms with Crippen LogP contribution < -0.4 is 19.5 Å². The molecule has 146 valence electrons. The van der Waals surface area contributed by atoms with Crippen LogP contribution in [0.4, 0.5) is 5.69 Å². The van der Waals surface area contributed by atoms with Gasteiger partial charge in [0.25, 0.3) is 5.91 Å². The minimum Gasteiger partial charge on any atom is -0.493 e. The number of hydrogen-bond acceptors (Lipinski definition) is 5. The van der Waals surface area contributed by atoms with Crippen molar-refractivity contribution in [3.63, 3.8) is 0 Å². The standard InChI is InChI=1S/C21H23N3O4/c1-5-17-16(13-22-24(17)15-9-7-6-8-10-15)21(25)23-14-11-18(26-2)20(28-4)19(12-14)27-3/h6-13H,5H2,1-4H3,(H,23,25). The third-order valence-electron chi connectivity index (χ3n) is 4.37. The van der Waals surface area contributed by atoms with Gasteiger partial charge in [-0.1, -0.05) is 25.1 Å². The zero-order chi connectivity index (χ0) is 20.1. The molecule has 1 aromatic heterocycles. The SMILES string of the molecule is CCc1c(C(=O)Nc2cc(OC)c(OC)c(OC)c2)cnn1-c1ccccc1. The van der Waals surface area contributed by atoms with E-state index >= 15 is 0 Å². The van der Waals surface area contributed by atoms with Gasteiger partial charge in [0.15, 0.2) is 11.5 Å². The lowest BCUT2D eigenvalue weighted by molar-refractivity contribution is 0.102. The molecule has 0 saturated carbocycles. The Balaban J connectivity index is 1.93. The van der Waals surface area contributed by atoms with Crippen molar-refractivity contribution in [1.29, 1.82) is 0 Å². The summed E-state index contributed by atoms with van der Waals surface area (Å²) in [6.45, 7) is 1.99. The van der Waals surface area contributed by atoms with Gasteiger partial charge in [-0.2, -0.15) is 5.10 Å². The number of ether oxygens (including phenoxy) is 3. The van der Waals surface area contributed by atoms with Gasteiger partial charge in [0.05, 0.1) is 44.5 Å². The first kappa shape index (κ1) is 19.3. The van der Waals surface area contributed by atoms with Crippen molar-refractivity contribution in [3.05, 3.63) is 59.9 Å². The predicted octanol–water partition coefficient (Wildman–Crippen LogP) is 3.71. The van der Waals surface area contributed by atoms with Crippen LogP contribution in [-0.4, -0.2) is 37.0 Å². The number of aromatic nitrogens is 2. The van der Waals surface area contributed by atoms with Crippen LogP contribution in [0.15, 0.2) is 48.7 Å². The molecule has 1 N–H and O–H groups in total. The van der Waals surface area contributed by atoms with Crippen LogP contribution in [0.2, 0.25) is 0 Å². The van der Waals surface area contributed by atoms with Crippen LogP contribution in [-0.2, 0) is 6.42 Å². The Morgan fingerprint density at radius 2 is 1.68 bits per heavy atom. The van der Waals surface area contributed by atoms with Gasteiger partial charge < -0.3 is 19.5 Å². The number of rotatable bonds is 7. The maximum Gasteiger partial charge on any atom is 0.259 e. The molecule has 3 aromatic rings. The molecule has 3 rings (SSSR count). The average molecular weight is 381 g/mol. The van der Waals surface area contributed by atoms with Crippen molar-refractivity contribution in [2.24, 2.45) is 0 Å². The highest BCUT2D eigenvalue weighted by Crippen LogP contribution is 2.40. The smallest absolute Gasteiger partial charge is 0.259 e. The number of amides is 1. The first-order chi connectivity index (χ1) is 13.6. The summed E-state index contributed by atoms with van der Waals surface area (Å²) in [5.41, 5.74) is 2.79. The van der Waals surface area contributed by atoms with Gasteiger partial charge in [0.2, 0.25) is 5.75 Å². The van der Waals surface area contributed by atoms with Crippen LogP contribution in [0, 0.1) is 0 Å². The summed E-state index contributed by atoms with van der Waals surface area (Å²) in [4.78, 5) is 12.9. The fraction of sp³-hybridized carbons (Fsp3) is 0.238. The zero-order valence-electron chi connectivity index (χ0n) is 16.4. The largest absolute Gasteiger partial charge is 0.493 e. The van der Waals surface area contributed by atoms with E-state index in [2.05, 4.69) is 10.4 Å². The molecule has 2 aromatic carbocycles. The molecule has 0 fully saturated rings. The highest BCUT2D eigenvalue weighted by molar-refractivity contribution is 6.05. The summed E-state index contributed by atoms with van der Waals surface area (Å²) in [5, 5.41) is 7.29. The van der Waals surface area contributed by atoms with Crippen molar-refractivity contribution < 1.29 is 19.0 Å². The summed E-state index contributed by atoms with van der Waals surface area (Å²) in [6, 6.07) is 13.1. The lowest BCUT2D eigenvalue weighted by atomic mass is 10.1. The van der Waals surface area contributed by atoms with E-state index in [0.717, 1.165) is 11.4 Å². The molecule has 0 aliphatic carbocycles. The van der Waals surface area contributed by atoms with E-state index in [1.807, 2.05) is 37.3 Å². The van der Waals surface area contributed by atoms with Gasteiger partial charge in [0, 0.05) is 17.8 Å². The van der Waals surface area contributed by atoms with E-state index in [9.17, 15) is 4.79 Å². The molecule has 1 heterocycles. The monoisotopic (exact) mass is 381 g/mol. The van der Waals surface area contributed by atoms with Gasteiger partial charge >= 0.3 is 0 Å². The minimum absolute atomic E-state index is 0.256. The van der Waals surface area contributed by atoms with Gasteiger partial charge in [-0.25, -0.2) is 4.68 Å². The van der Waals surface area contributed by atoms with Gasteiger partial charge in [-0.3, -0.25) is 4.79 Å². The van der Waals surface area contributed by atoms with Crippen molar-refractivity contribution in [2.75, 3.05) is 26.6 Å². The Morgan fingerprint density at radius 3 is 2.21 bits per heavy atom. The summed E-state index contributed by atoms with van der Waals surface area (Å²) in [7, 11) is 4.59. The van der Waals surface area contributed by atoms with Crippen molar-refractivity contribution in [2.45, 2.75) is 13.3 Å². The predicted molar refractivity (Wildman–Crippen MR) is 107 cm³/mol. The number of hydrogen-bond donors (Lipinski definition) is 1. The molecule has 7 heteroatoms. The van der Waals surface area contributed by atoms with Gasteiger partial charge in [-0.05, 0) is 18.6 Å². The Morgan fingerprint density at radius 1 is 1.04 bits per heavy atom. The number of methoxy groups -OCH3 is 3. The Kier molecular flexibility index (Phi) is 5.84. The highest BCUT2D eigenvalue weighted by Gasteiger charge is 2.19. The number of carbonyl (C=O) groups excluding carboxylic acids is 1. The van der Waals surface area contributed by atoms with E-state index < -0.39 is 0 Å². The summed E-state index contributed by atoms with van der Waals surface area (Å²) in [6.07, 6.45) is 2.24. The lowest BCUT2D eigenvalue weighted by Gasteiger charge is -2.14. The fourth-order valence-corrected chi connectivity index (χ4v) is 3.05. The van der Waals surface area contributed by atoms with E-state index in [0.29, 0.717) is 34.9 Å². The Labute approximate surface area is 163 Å². The van der Waals surface area contributed by atoms with E-state index in [4.69, 9.17) is 14.2 Å². The second kappa shape index (κ2) is 8.47. The van der Waals surface area contributed by atoms with Crippen LogP contribution >= 0.6 is 0 Å². The van der Waals surface area contributed by atoms with Crippen LogP contribution in [0.5, 0.6) is 17.2 Å². The molecule has 28 heavy (non-hydrogen) atoms. The Bertz CT molecular complexity index is 942. The molecule has 0 atom stereocenters. The van der Waals surface area contributed by atoms with Gasteiger partial charge in [-0.15, -0.1) is 0 Å². The zero-order valence-corrected chi connectivity index (χ0v) is 16.4. The first-order valence-corrected chi connectivity index (χ1v) is 8.86. The lowest BCUT2D eigenvalue weighted by Crippen LogP contribution is -2.14. The van der Waals surface area contributed by atoms with Gasteiger partial charge in [0.1, 0.15) is 0 Å². The topological polar surface area (TPSA) is 74.6 Å². The summed E-state index contributed by atoms with van der Waals surface area (Å²) in [5.74, 6) is 1.14. The number of benzene rings is 2. The normalized spacial score (nSPS) is 10.4. The number of nitrogens with one attached hydrogen (secondary N) is 1. The molecule has 0 aliphatic heterocycles. The molecule has 0 bridgehead atoms. The molecular formula is C21H23N3O4.